The normalized spacial score (nSPS) is 11.1. The molecule has 4 nitrogen and oxygen atoms in total. The first-order valence-electron chi connectivity index (χ1n) is 5.13. The highest BCUT2D eigenvalue weighted by Gasteiger charge is 2.22. The van der Waals surface area contributed by atoms with Crippen molar-refractivity contribution in [2.24, 2.45) is 5.73 Å². The summed E-state index contributed by atoms with van der Waals surface area (Å²) < 4.78 is 51.8. The van der Waals surface area contributed by atoms with Crippen molar-refractivity contribution in [2.45, 2.75) is 17.7 Å². The van der Waals surface area contributed by atoms with Crippen LogP contribution in [0.2, 0.25) is 0 Å². The minimum Gasteiger partial charge on any atom is -0.330 e. The minimum atomic E-state index is -4.14. The third-order valence-electron chi connectivity index (χ3n) is 2.11. The smallest absolute Gasteiger partial charge is 0.246 e. The van der Waals surface area contributed by atoms with Crippen molar-refractivity contribution in [3.8, 4) is 0 Å². The summed E-state index contributed by atoms with van der Waals surface area (Å²) in [6, 6.07) is 2.91. The lowest BCUT2D eigenvalue weighted by atomic mass is 10.3. The Morgan fingerprint density at radius 2 is 1.72 bits per heavy atom. The predicted molar refractivity (Wildman–Crippen MR) is 67.1 cm³/mol. The molecule has 0 bridgehead atoms. The first-order chi connectivity index (χ1) is 7.99. The van der Waals surface area contributed by atoms with Crippen molar-refractivity contribution in [1.82, 2.24) is 4.72 Å². The van der Waals surface area contributed by atoms with Gasteiger partial charge in [0, 0.05) is 6.54 Å². The van der Waals surface area contributed by atoms with Crippen molar-refractivity contribution >= 4 is 22.4 Å². The van der Waals surface area contributed by atoms with E-state index in [-0.39, 0.29) is 19.0 Å². The Bertz CT molecular complexity index is 463. The van der Waals surface area contributed by atoms with E-state index < -0.39 is 26.6 Å². The molecule has 0 spiro atoms. The molecule has 1 aromatic rings. The molecule has 0 saturated heterocycles. The zero-order valence-electron chi connectivity index (χ0n) is 9.53. The molecular weight excluding hydrogens is 286 g/mol. The number of nitrogens with two attached hydrogens (primary N) is 1. The van der Waals surface area contributed by atoms with Crippen molar-refractivity contribution in [2.75, 3.05) is 13.1 Å². The van der Waals surface area contributed by atoms with Crippen LogP contribution in [0.1, 0.15) is 12.8 Å². The van der Waals surface area contributed by atoms with Crippen LogP contribution in [0, 0.1) is 11.6 Å². The molecule has 8 heteroatoms. The van der Waals surface area contributed by atoms with E-state index in [2.05, 4.69) is 4.72 Å². The summed E-state index contributed by atoms with van der Waals surface area (Å²) in [6.45, 7) is 0.545. The molecule has 0 radical (unpaired) electrons. The molecule has 1 rings (SSSR count). The maximum absolute atomic E-state index is 13.2. The number of unbranched alkanes of at least 4 members (excludes halogenated alkanes) is 1. The fourth-order valence-corrected chi connectivity index (χ4v) is 2.49. The van der Waals surface area contributed by atoms with Crippen LogP contribution in [-0.4, -0.2) is 21.5 Å². The monoisotopic (exact) mass is 300 g/mol. The first kappa shape index (κ1) is 17.2. The number of sulfonamides is 1. The highest BCUT2D eigenvalue weighted by atomic mass is 35.5. The zero-order chi connectivity index (χ0) is 12.9. The molecule has 0 aliphatic rings. The summed E-state index contributed by atoms with van der Waals surface area (Å²) in [5.41, 5.74) is 5.24. The van der Waals surface area contributed by atoms with Crippen molar-refractivity contribution in [3.05, 3.63) is 29.8 Å². The third-order valence-corrected chi connectivity index (χ3v) is 3.62. The summed E-state index contributed by atoms with van der Waals surface area (Å²) in [6.07, 6.45) is 1.16. The van der Waals surface area contributed by atoms with Crippen LogP contribution >= 0.6 is 12.4 Å². The number of hydrogen-bond donors (Lipinski definition) is 2. The van der Waals surface area contributed by atoms with Crippen molar-refractivity contribution < 1.29 is 17.2 Å². The molecule has 0 amide bonds. The van der Waals surface area contributed by atoms with E-state index in [1.54, 1.807) is 0 Å². The molecule has 0 aliphatic heterocycles. The van der Waals surface area contributed by atoms with Crippen LogP contribution in [-0.2, 0) is 10.0 Å². The van der Waals surface area contributed by atoms with Gasteiger partial charge >= 0.3 is 0 Å². The number of benzene rings is 1. The van der Waals surface area contributed by atoms with Gasteiger partial charge in [0.15, 0.2) is 4.90 Å². The van der Waals surface area contributed by atoms with E-state index >= 15 is 0 Å². The number of hydrogen-bond acceptors (Lipinski definition) is 3. The summed E-state index contributed by atoms with van der Waals surface area (Å²) >= 11 is 0. The van der Waals surface area contributed by atoms with Crippen LogP contribution in [0.15, 0.2) is 23.1 Å². The Morgan fingerprint density at radius 1 is 1.17 bits per heavy atom. The Balaban J connectivity index is 0.00000289. The van der Waals surface area contributed by atoms with Gasteiger partial charge in [-0.1, -0.05) is 6.07 Å². The summed E-state index contributed by atoms with van der Waals surface area (Å²) in [5, 5.41) is 0. The lowest BCUT2D eigenvalue weighted by Crippen LogP contribution is -2.27. The third kappa shape index (κ3) is 4.49. The van der Waals surface area contributed by atoms with Crippen LogP contribution in [0.5, 0.6) is 0 Å². The van der Waals surface area contributed by atoms with E-state index in [1.165, 1.54) is 0 Å². The SMILES string of the molecule is Cl.NCCCCNS(=O)(=O)c1c(F)cccc1F. The lowest BCUT2D eigenvalue weighted by Gasteiger charge is -2.08. The van der Waals surface area contributed by atoms with Gasteiger partial charge in [0.25, 0.3) is 0 Å². The molecule has 0 unspecified atom stereocenters. The molecule has 0 atom stereocenters. The zero-order valence-corrected chi connectivity index (χ0v) is 11.2. The van der Waals surface area contributed by atoms with E-state index in [0.717, 1.165) is 18.2 Å². The van der Waals surface area contributed by atoms with E-state index in [9.17, 15) is 17.2 Å². The van der Waals surface area contributed by atoms with Gasteiger partial charge in [-0.15, -0.1) is 12.4 Å². The molecule has 0 aliphatic carbocycles. The molecule has 0 heterocycles. The van der Waals surface area contributed by atoms with Gasteiger partial charge in [-0.25, -0.2) is 21.9 Å². The molecule has 104 valence electrons. The van der Waals surface area contributed by atoms with Gasteiger partial charge in [-0.3, -0.25) is 0 Å². The van der Waals surface area contributed by atoms with Crippen LogP contribution in [0.25, 0.3) is 0 Å². The second-order valence-electron chi connectivity index (χ2n) is 3.44. The standard InChI is InChI=1S/C10H14F2N2O2S.ClH/c11-8-4-3-5-9(12)10(8)17(15,16)14-7-2-1-6-13;/h3-5,14H,1-2,6-7,13H2;1H. The van der Waals surface area contributed by atoms with Gasteiger partial charge in [0.1, 0.15) is 11.6 Å². The first-order valence-corrected chi connectivity index (χ1v) is 6.61. The van der Waals surface area contributed by atoms with E-state index in [4.69, 9.17) is 5.73 Å². The highest BCUT2D eigenvalue weighted by Crippen LogP contribution is 2.17. The molecule has 18 heavy (non-hydrogen) atoms. The number of rotatable bonds is 6. The molecule has 0 saturated carbocycles. The number of nitrogens with one attached hydrogen (secondary N) is 1. The van der Waals surface area contributed by atoms with Crippen molar-refractivity contribution in [3.63, 3.8) is 0 Å². The Hall–Kier alpha value is -0.760. The Labute approximate surface area is 111 Å². The largest absolute Gasteiger partial charge is 0.330 e. The Morgan fingerprint density at radius 3 is 2.22 bits per heavy atom. The lowest BCUT2D eigenvalue weighted by molar-refractivity contribution is 0.513. The van der Waals surface area contributed by atoms with E-state index in [1.807, 2.05) is 0 Å². The molecule has 0 fully saturated rings. The van der Waals surface area contributed by atoms with Gasteiger partial charge < -0.3 is 5.73 Å². The van der Waals surface area contributed by atoms with Crippen LogP contribution < -0.4 is 10.5 Å². The summed E-state index contributed by atoms with van der Waals surface area (Å²) in [5.74, 6) is -2.20. The molecule has 3 N–H and O–H groups in total. The van der Waals surface area contributed by atoms with Crippen LogP contribution in [0.3, 0.4) is 0 Å². The van der Waals surface area contributed by atoms with Gasteiger partial charge in [-0.2, -0.15) is 0 Å². The summed E-state index contributed by atoms with van der Waals surface area (Å²) in [4.78, 5) is -0.937. The van der Waals surface area contributed by atoms with Crippen molar-refractivity contribution in [1.29, 1.82) is 0 Å². The highest BCUT2D eigenvalue weighted by molar-refractivity contribution is 7.89. The average Bonchev–Trinajstić information content (AvgIpc) is 2.24. The van der Waals surface area contributed by atoms with Gasteiger partial charge in [0.2, 0.25) is 10.0 Å². The maximum Gasteiger partial charge on any atom is 0.246 e. The quantitative estimate of drug-likeness (QED) is 0.780. The second-order valence-corrected chi connectivity index (χ2v) is 5.15. The maximum atomic E-state index is 13.2. The van der Waals surface area contributed by atoms with Gasteiger partial charge in [0.05, 0.1) is 0 Å². The fourth-order valence-electron chi connectivity index (χ4n) is 1.29. The average molecular weight is 301 g/mol. The predicted octanol–water partition coefficient (Wildman–Crippen LogP) is 1.40. The fraction of sp³-hybridized carbons (Fsp3) is 0.400. The molecular formula is C10H15ClF2N2O2S. The summed E-state index contributed by atoms with van der Waals surface area (Å²) in [7, 11) is -4.14. The second kappa shape index (κ2) is 7.63. The Kier molecular flexibility index (Phi) is 7.30. The number of halogens is 3. The topological polar surface area (TPSA) is 72.2 Å². The molecule has 0 aromatic heterocycles. The minimum absolute atomic E-state index is 0. The van der Waals surface area contributed by atoms with Gasteiger partial charge in [-0.05, 0) is 31.5 Å². The van der Waals surface area contributed by atoms with E-state index in [0.29, 0.717) is 19.4 Å². The molecule has 1 aromatic carbocycles. The van der Waals surface area contributed by atoms with Crippen LogP contribution in [0.4, 0.5) is 8.78 Å².